The molecule has 2 amide bonds. The number of para-hydroxylation sites is 2. The molecular formula is C21H26N2O5. The number of likely N-dealkylation sites (N-methyl/N-ethyl adjacent to an activating group) is 1. The van der Waals surface area contributed by atoms with Crippen molar-refractivity contribution in [2.24, 2.45) is 0 Å². The molecule has 0 aromatic heterocycles. The van der Waals surface area contributed by atoms with Gasteiger partial charge in [0.15, 0.2) is 18.1 Å². The van der Waals surface area contributed by atoms with E-state index in [1.807, 2.05) is 26.0 Å². The van der Waals surface area contributed by atoms with E-state index in [1.165, 1.54) is 4.90 Å². The average molecular weight is 386 g/mol. The smallest absolute Gasteiger partial charge is 0.260 e. The Morgan fingerprint density at radius 1 is 1.00 bits per heavy atom. The van der Waals surface area contributed by atoms with Crippen molar-refractivity contribution in [1.82, 2.24) is 4.90 Å². The molecule has 0 aliphatic heterocycles. The number of methoxy groups -OCH3 is 1. The third-order valence-corrected chi connectivity index (χ3v) is 3.92. The lowest BCUT2D eigenvalue weighted by atomic mass is 10.3. The number of rotatable bonds is 10. The van der Waals surface area contributed by atoms with Crippen molar-refractivity contribution in [3.05, 3.63) is 48.5 Å². The molecule has 7 heteroatoms. The second-order valence-corrected chi connectivity index (χ2v) is 5.86. The minimum atomic E-state index is -0.293. The molecule has 0 bridgehead atoms. The van der Waals surface area contributed by atoms with Crippen LogP contribution in [0.1, 0.15) is 13.8 Å². The van der Waals surface area contributed by atoms with E-state index in [2.05, 4.69) is 5.32 Å². The van der Waals surface area contributed by atoms with E-state index in [0.29, 0.717) is 36.1 Å². The van der Waals surface area contributed by atoms with Crippen molar-refractivity contribution < 1.29 is 23.8 Å². The molecule has 2 aromatic carbocycles. The van der Waals surface area contributed by atoms with Crippen molar-refractivity contribution in [3.8, 4) is 17.2 Å². The number of ether oxygens (including phenoxy) is 3. The molecular weight excluding hydrogens is 360 g/mol. The number of nitrogens with one attached hydrogen (secondary N) is 1. The molecule has 0 heterocycles. The number of carbonyl (C=O) groups is 2. The van der Waals surface area contributed by atoms with Gasteiger partial charge in [-0.2, -0.15) is 0 Å². The second-order valence-electron chi connectivity index (χ2n) is 5.86. The van der Waals surface area contributed by atoms with Crippen LogP contribution in [0.15, 0.2) is 48.5 Å². The van der Waals surface area contributed by atoms with Gasteiger partial charge in [-0.25, -0.2) is 0 Å². The summed E-state index contributed by atoms with van der Waals surface area (Å²) in [6.07, 6.45) is 0. The predicted octanol–water partition coefficient (Wildman–Crippen LogP) is 2.96. The quantitative estimate of drug-likeness (QED) is 0.679. The van der Waals surface area contributed by atoms with E-state index >= 15 is 0 Å². The molecule has 150 valence electrons. The molecule has 1 N–H and O–H groups in total. The molecule has 2 rings (SSSR count). The van der Waals surface area contributed by atoms with Gasteiger partial charge in [0.05, 0.1) is 20.3 Å². The molecule has 0 atom stereocenters. The molecule has 0 unspecified atom stereocenters. The highest BCUT2D eigenvalue weighted by Crippen LogP contribution is 2.26. The topological polar surface area (TPSA) is 77.1 Å². The van der Waals surface area contributed by atoms with Gasteiger partial charge in [0, 0.05) is 18.3 Å². The maximum Gasteiger partial charge on any atom is 0.260 e. The third-order valence-electron chi connectivity index (χ3n) is 3.92. The van der Waals surface area contributed by atoms with Gasteiger partial charge in [-0.1, -0.05) is 18.2 Å². The first-order valence-corrected chi connectivity index (χ1v) is 9.13. The summed E-state index contributed by atoms with van der Waals surface area (Å²) in [4.78, 5) is 26.2. The van der Waals surface area contributed by atoms with Gasteiger partial charge in [-0.3, -0.25) is 9.59 Å². The van der Waals surface area contributed by atoms with Crippen LogP contribution in [-0.4, -0.2) is 50.1 Å². The van der Waals surface area contributed by atoms with Gasteiger partial charge < -0.3 is 24.4 Å². The van der Waals surface area contributed by atoms with Gasteiger partial charge in [-0.05, 0) is 38.1 Å². The average Bonchev–Trinajstić information content (AvgIpc) is 2.71. The molecule has 0 spiro atoms. The maximum absolute atomic E-state index is 12.5. The number of benzene rings is 2. The van der Waals surface area contributed by atoms with Gasteiger partial charge >= 0.3 is 0 Å². The van der Waals surface area contributed by atoms with Crippen LogP contribution in [-0.2, 0) is 9.59 Å². The van der Waals surface area contributed by atoms with E-state index in [0.717, 1.165) is 0 Å². The minimum absolute atomic E-state index is 0.0665. The maximum atomic E-state index is 12.5. The Bertz CT molecular complexity index is 794. The number of hydrogen-bond donors (Lipinski definition) is 1. The van der Waals surface area contributed by atoms with Gasteiger partial charge in [0.1, 0.15) is 5.75 Å². The Kier molecular flexibility index (Phi) is 8.14. The Balaban J connectivity index is 1.91. The number of amides is 2. The monoisotopic (exact) mass is 386 g/mol. The lowest BCUT2D eigenvalue weighted by molar-refractivity contribution is -0.136. The summed E-state index contributed by atoms with van der Waals surface area (Å²) < 4.78 is 16.2. The first-order chi connectivity index (χ1) is 13.6. The fourth-order valence-corrected chi connectivity index (χ4v) is 2.53. The standard InChI is InChI=1S/C21H26N2O5/c1-4-23(14-20(24)22-16-9-8-10-17(13-16)26-3)21(25)15-28-19-12-7-6-11-18(19)27-5-2/h6-13H,4-5,14-15H2,1-3H3,(H,22,24). The fraction of sp³-hybridized carbons (Fsp3) is 0.333. The van der Waals surface area contributed by atoms with Crippen LogP contribution in [0.2, 0.25) is 0 Å². The Labute approximate surface area is 165 Å². The molecule has 7 nitrogen and oxygen atoms in total. The van der Waals surface area contributed by atoms with Crippen LogP contribution in [0.4, 0.5) is 5.69 Å². The highest BCUT2D eigenvalue weighted by molar-refractivity contribution is 5.94. The van der Waals surface area contributed by atoms with Crippen LogP contribution in [0, 0.1) is 0 Å². The zero-order valence-electron chi connectivity index (χ0n) is 16.4. The molecule has 2 aromatic rings. The second kappa shape index (κ2) is 10.8. The summed E-state index contributed by atoms with van der Waals surface area (Å²) in [7, 11) is 1.56. The molecule has 0 saturated heterocycles. The van der Waals surface area contributed by atoms with E-state index < -0.39 is 0 Å². The third kappa shape index (κ3) is 6.19. The van der Waals surface area contributed by atoms with Crippen LogP contribution in [0.3, 0.4) is 0 Å². The first-order valence-electron chi connectivity index (χ1n) is 9.13. The van der Waals surface area contributed by atoms with E-state index in [9.17, 15) is 9.59 Å². The highest BCUT2D eigenvalue weighted by atomic mass is 16.5. The summed E-state index contributed by atoms with van der Waals surface area (Å²) in [6.45, 7) is 4.33. The Hall–Kier alpha value is -3.22. The highest BCUT2D eigenvalue weighted by Gasteiger charge is 2.17. The zero-order valence-corrected chi connectivity index (χ0v) is 16.4. The van der Waals surface area contributed by atoms with E-state index in [1.54, 1.807) is 43.5 Å². The van der Waals surface area contributed by atoms with Gasteiger partial charge in [0.25, 0.3) is 5.91 Å². The molecule has 0 saturated carbocycles. The van der Waals surface area contributed by atoms with Gasteiger partial charge in [-0.15, -0.1) is 0 Å². The summed E-state index contributed by atoms with van der Waals surface area (Å²) in [6, 6.07) is 14.2. The molecule has 0 aliphatic rings. The van der Waals surface area contributed by atoms with Crippen molar-refractivity contribution >= 4 is 17.5 Å². The summed E-state index contributed by atoms with van der Waals surface area (Å²) in [5.41, 5.74) is 0.606. The molecule has 0 radical (unpaired) electrons. The fourth-order valence-electron chi connectivity index (χ4n) is 2.53. The minimum Gasteiger partial charge on any atom is -0.497 e. The molecule has 28 heavy (non-hydrogen) atoms. The molecule has 0 fully saturated rings. The van der Waals surface area contributed by atoms with Crippen LogP contribution in [0.5, 0.6) is 17.2 Å². The number of anilines is 1. The predicted molar refractivity (Wildman–Crippen MR) is 107 cm³/mol. The van der Waals surface area contributed by atoms with Gasteiger partial charge in [0.2, 0.25) is 5.91 Å². The lowest BCUT2D eigenvalue weighted by Gasteiger charge is -2.21. The largest absolute Gasteiger partial charge is 0.497 e. The van der Waals surface area contributed by atoms with Crippen molar-refractivity contribution in [2.75, 3.05) is 38.7 Å². The zero-order chi connectivity index (χ0) is 20.4. The number of carbonyl (C=O) groups excluding carboxylic acids is 2. The summed E-state index contributed by atoms with van der Waals surface area (Å²) in [5.74, 6) is 1.14. The lowest BCUT2D eigenvalue weighted by Crippen LogP contribution is -2.40. The van der Waals surface area contributed by atoms with Crippen molar-refractivity contribution in [1.29, 1.82) is 0 Å². The molecule has 0 aliphatic carbocycles. The van der Waals surface area contributed by atoms with E-state index in [4.69, 9.17) is 14.2 Å². The van der Waals surface area contributed by atoms with Crippen LogP contribution < -0.4 is 19.5 Å². The summed E-state index contributed by atoms with van der Waals surface area (Å²) in [5, 5.41) is 2.76. The first kappa shape index (κ1) is 21.1. The Morgan fingerprint density at radius 2 is 1.71 bits per heavy atom. The van der Waals surface area contributed by atoms with E-state index in [-0.39, 0.29) is 25.0 Å². The summed E-state index contributed by atoms with van der Waals surface area (Å²) >= 11 is 0. The van der Waals surface area contributed by atoms with Crippen LogP contribution in [0.25, 0.3) is 0 Å². The number of nitrogens with zero attached hydrogens (tertiary/aromatic N) is 1. The van der Waals surface area contributed by atoms with Crippen molar-refractivity contribution in [3.63, 3.8) is 0 Å². The SMILES string of the molecule is CCOc1ccccc1OCC(=O)N(CC)CC(=O)Nc1cccc(OC)c1. The Morgan fingerprint density at radius 3 is 2.36 bits per heavy atom. The van der Waals surface area contributed by atoms with Crippen molar-refractivity contribution in [2.45, 2.75) is 13.8 Å². The van der Waals surface area contributed by atoms with Crippen LogP contribution >= 0.6 is 0 Å². The number of hydrogen-bond acceptors (Lipinski definition) is 5. The normalized spacial score (nSPS) is 10.1.